The zero-order valence-electron chi connectivity index (χ0n) is 11.1. The van der Waals surface area contributed by atoms with Gasteiger partial charge in [-0.3, -0.25) is 0 Å². The molecule has 7 nitrogen and oxygen atoms in total. The van der Waals surface area contributed by atoms with E-state index in [0.717, 1.165) is 5.69 Å². The molecule has 0 unspecified atom stereocenters. The first kappa shape index (κ1) is 13.6. The molecule has 2 aromatic rings. The number of carbonyl (C=O) groups excluding carboxylic acids is 1. The molecule has 2 heterocycles. The molecule has 0 aliphatic rings. The lowest BCUT2D eigenvalue weighted by Gasteiger charge is -2.02. The second kappa shape index (κ2) is 5.90. The van der Waals surface area contributed by atoms with Gasteiger partial charge in [-0.25, -0.2) is 9.78 Å². The van der Waals surface area contributed by atoms with Gasteiger partial charge in [0.25, 0.3) is 0 Å². The number of fused-ring (bicyclic) bond motifs is 1. The standard InChI is InChI=1S/C13H13N5O2/c1-3-20-13(19)11(16-17-14)7-10-5-4-6-18-8-9(2)15-12(10)18/h4-8H,3H2,1-2H3. The molecule has 102 valence electrons. The molecule has 20 heavy (non-hydrogen) atoms. The highest BCUT2D eigenvalue weighted by molar-refractivity contribution is 5.94. The summed E-state index contributed by atoms with van der Waals surface area (Å²) >= 11 is 0. The van der Waals surface area contributed by atoms with Gasteiger partial charge >= 0.3 is 5.97 Å². The Morgan fingerprint density at radius 3 is 3.15 bits per heavy atom. The van der Waals surface area contributed by atoms with Gasteiger partial charge in [0.1, 0.15) is 11.3 Å². The van der Waals surface area contributed by atoms with Crippen molar-refractivity contribution in [2.24, 2.45) is 5.11 Å². The highest BCUT2D eigenvalue weighted by Crippen LogP contribution is 2.16. The Labute approximate surface area is 115 Å². The Bertz CT molecular complexity index is 725. The maximum absolute atomic E-state index is 11.7. The summed E-state index contributed by atoms with van der Waals surface area (Å²) in [4.78, 5) is 18.7. The Kier molecular flexibility index (Phi) is 4.02. The van der Waals surface area contributed by atoms with E-state index in [0.29, 0.717) is 11.2 Å². The lowest BCUT2D eigenvalue weighted by atomic mass is 10.2. The van der Waals surface area contributed by atoms with E-state index in [1.807, 2.05) is 29.8 Å². The van der Waals surface area contributed by atoms with Crippen LogP contribution in [-0.4, -0.2) is 22.0 Å². The molecule has 0 saturated carbocycles. The minimum absolute atomic E-state index is 0.0943. The van der Waals surface area contributed by atoms with Crippen LogP contribution in [0, 0.1) is 6.92 Å². The zero-order valence-corrected chi connectivity index (χ0v) is 11.1. The number of hydrogen-bond donors (Lipinski definition) is 0. The van der Waals surface area contributed by atoms with E-state index in [4.69, 9.17) is 10.3 Å². The predicted molar refractivity (Wildman–Crippen MR) is 73.7 cm³/mol. The number of rotatable bonds is 4. The van der Waals surface area contributed by atoms with Crippen molar-refractivity contribution in [3.8, 4) is 0 Å². The third kappa shape index (κ3) is 2.78. The summed E-state index contributed by atoms with van der Waals surface area (Å²) < 4.78 is 6.68. The number of carbonyl (C=O) groups is 1. The minimum atomic E-state index is -0.657. The molecule has 0 bridgehead atoms. The fourth-order valence-corrected chi connectivity index (χ4v) is 1.80. The number of azide groups is 1. The first-order valence-electron chi connectivity index (χ1n) is 6.04. The van der Waals surface area contributed by atoms with E-state index in [1.54, 1.807) is 13.0 Å². The number of hydrogen-bond acceptors (Lipinski definition) is 4. The molecule has 7 heteroatoms. The molecule has 0 aliphatic heterocycles. The summed E-state index contributed by atoms with van der Waals surface area (Å²) in [6.07, 6.45) is 5.19. The van der Waals surface area contributed by atoms with Crippen molar-refractivity contribution in [3.63, 3.8) is 0 Å². The van der Waals surface area contributed by atoms with Gasteiger partial charge in [-0.2, -0.15) is 0 Å². The molecule has 0 radical (unpaired) electrons. The summed E-state index contributed by atoms with van der Waals surface area (Å²) in [5.41, 5.74) is 10.7. The molecule has 0 aromatic carbocycles. The molecule has 0 atom stereocenters. The maximum atomic E-state index is 11.7. The van der Waals surface area contributed by atoms with Crippen LogP contribution in [0.2, 0.25) is 0 Å². The van der Waals surface area contributed by atoms with Crippen molar-refractivity contribution in [3.05, 3.63) is 51.9 Å². The summed E-state index contributed by atoms with van der Waals surface area (Å²) in [6, 6.07) is 3.60. The van der Waals surface area contributed by atoms with Gasteiger partial charge < -0.3 is 9.14 Å². The number of aryl methyl sites for hydroxylation is 1. The average molecular weight is 271 g/mol. The fraction of sp³-hybridized carbons (Fsp3) is 0.231. The Hall–Kier alpha value is -2.79. The molecule has 0 N–H and O–H groups in total. The van der Waals surface area contributed by atoms with Crippen LogP contribution in [0.1, 0.15) is 18.2 Å². The van der Waals surface area contributed by atoms with Crippen molar-refractivity contribution < 1.29 is 9.53 Å². The highest BCUT2D eigenvalue weighted by Gasteiger charge is 2.10. The lowest BCUT2D eigenvalue weighted by Crippen LogP contribution is -2.05. The Balaban J connectivity index is 2.53. The largest absolute Gasteiger partial charge is 0.462 e. The second-order valence-corrected chi connectivity index (χ2v) is 4.02. The van der Waals surface area contributed by atoms with E-state index in [2.05, 4.69) is 15.0 Å². The van der Waals surface area contributed by atoms with Crippen LogP contribution in [0.3, 0.4) is 0 Å². The van der Waals surface area contributed by atoms with Gasteiger partial charge in [-0.05, 0) is 37.6 Å². The average Bonchev–Trinajstić information content (AvgIpc) is 2.80. The van der Waals surface area contributed by atoms with Crippen LogP contribution in [0.25, 0.3) is 22.2 Å². The molecular formula is C13H13N5O2. The maximum Gasteiger partial charge on any atom is 0.340 e. The molecule has 0 spiro atoms. The molecule has 2 aromatic heterocycles. The first-order chi connectivity index (χ1) is 9.65. The molecule has 0 fully saturated rings. The van der Waals surface area contributed by atoms with E-state index < -0.39 is 5.97 Å². The van der Waals surface area contributed by atoms with Crippen LogP contribution < -0.4 is 0 Å². The fourth-order valence-electron chi connectivity index (χ4n) is 1.80. The van der Waals surface area contributed by atoms with Crippen LogP contribution in [0.15, 0.2) is 35.3 Å². The topological polar surface area (TPSA) is 92.4 Å². The normalized spacial score (nSPS) is 11.2. The van der Waals surface area contributed by atoms with Crippen LogP contribution in [0.4, 0.5) is 0 Å². The van der Waals surface area contributed by atoms with Gasteiger partial charge in [0.05, 0.1) is 12.3 Å². The van der Waals surface area contributed by atoms with Crippen molar-refractivity contribution in [1.82, 2.24) is 9.38 Å². The molecular weight excluding hydrogens is 258 g/mol. The molecule has 2 rings (SSSR count). The number of imidazole rings is 1. The molecule has 0 saturated heterocycles. The summed E-state index contributed by atoms with van der Waals surface area (Å²) in [6.45, 7) is 3.77. The summed E-state index contributed by atoms with van der Waals surface area (Å²) in [7, 11) is 0. The zero-order chi connectivity index (χ0) is 14.5. The van der Waals surface area contributed by atoms with E-state index in [-0.39, 0.29) is 12.3 Å². The quantitative estimate of drug-likeness (QED) is 0.281. The predicted octanol–water partition coefficient (Wildman–Crippen LogP) is 2.86. The van der Waals surface area contributed by atoms with Crippen LogP contribution in [-0.2, 0) is 9.53 Å². The molecule has 0 aliphatic carbocycles. The third-order valence-electron chi connectivity index (χ3n) is 2.56. The number of pyridine rings is 1. The van der Waals surface area contributed by atoms with E-state index in [9.17, 15) is 4.79 Å². The lowest BCUT2D eigenvalue weighted by molar-refractivity contribution is -0.138. The monoisotopic (exact) mass is 271 g/mol. The van der Waals surface area contributed by atoms with E-state index in [1.165, 1.54) is 6.08 Å². The van der Waals surface area contributed by atoms with Crippen molar-refractivity contribution in [1.29, 1.82) is 0 Å². The smallest absolute Gasteiger partial charge is 0.340 e. The summed E-state index contributed by atoms with van der Waals surface area (Å²) in [5, 5.41) is 3.38. The van der Waals surface area contributed by atoms with Crippen LogP contribution >= 0.6 is 0 Å². The van der Waals surface area contributed by atoms with Gasteiger partial charge in [-0.15, -0.1) is 0 Å². The highest BCUT2D eigenvalue weighted by atomic mass is 16.5. The Morgan fingerprint density at radius 2 is 2.45 bits per heavy atom. The summed E-state index contributed by atoms with van der Waals surface area (Å²) in [5.74, 6) is -0.657. The number of ether oxygens (including phenoxy) is 1. The van der Waals surface area contributed by atoms with E-state index >= 15 is 0 Å². The van der Waals surface area contributed by atoms with Crippen LogP contribution in [0.5, 0.6) is 0 Å². The van der Waals surface area contributed by atoms with Gasteiger partial charge in [0.15, 0.2) is 0 Å². The Morgan fingerprint density at radius 1 is 1.65 bits per heavy atom. The number of esters is 1. The SMILES string of the molecule is CCOC(=O)C(=Cc1cccn2cc(C)nc12)N=[N+]=[N-]. The van der Waals surface area contributed by atoms with Gasteiger partial charge in [0, 0.05) is 22.9 Å². The number of aromatic nitrogens is 2. The van der Waals surface area contributed by atoms with Crippen molar-refractivity contribution >= 4 is 17.7 Å². The van der Waals surface area contributed by atoms with Crippen molar-refractivity contribution in [2.45, 2.75) is 13.8 Å². The second-order valence-electron chi connectivity index (χ2n) is 4.02. The first-order valence-corrected chi connectivity index (χ1v) is 6.04. The molecule has 0 amide bonds. The number of nitrogens with zero attached hydrogens (tertiary/aromatic N) is 5. The van der Waals surface area contributed by atoms with Crippen molar-refractivity contribution in [2.75, 3.05) is 6.61 Å². The third-order valence-corrected chi connectivity index (χ3v) is 2.56. The van der Waals surface area contributed by atoms with Gasteiger partial charge in [-0.1, -0.05) is 5.11 Å². The van der Waals surface area contributed by atoms with Gasteiger partial charge in [0.2, 0.25) is 0 Å². The minimum Gasteiger partial charge on any atom is -0.462 e.